The molecule has 0 bridgehead atoms. The fourth-order valence-corrected chi connectivity index (χ4v) is 2.67. The van der Waals surface area contributed by atoms with Crippen molar-refractivity contribution in [1.82, 2.24) is 0 Å². The quantitative estimate of drug-likeness (QED) is 0.374. The summed E-state index contributed by atoms with van der Waals surface area (Å²) in [6.45, 7) is 12.6. The van der Waals surface area contributed by atoms with E-state index in [1.807, 2.05) is 0 Å². The Morgan fingerprint density at radius 3 is 1.96 bits per heavy atom. The summed E-state index contributed by atoms with van der Waals surface area (Å²) in [5, 5.41) is 0. The molecule has 0 amide bonds. The molecule has 0 atom stereocenters. The van der Waals surface area contributed by atoms with Crippen molar-refractivity contribution < 1.29 is 19.0 Å². The smallest absolute Gasteiger partial charge is 0.142 e. The van der Waals surface area contributed by atoms with Crippen molar-refractivity contribution in [3.05, 3.63) is 0 Å². The lowest BCUT2D eigenvalue weighted by atomic mass is 10.1. The molecule has 0 saturated heterocycles. The van der Waals surface area contributed by atoms with Gasteiger partial charge in [0.05, 0.1) is 32.2 Å². The second-order valence-electron chi connectivity index (χ2n) is 6.57. The van der Waals surface area contributed by atoms with E-state index in [0.29, 0.717) is 62.8 Å². The molecule has 4 nitrogen and oxygen atoms in total. The van der Waals surface area contributed by atoms with Crippen LogP contribution in [0.25, 0.3) is 0 Å². The van der Waals surface area contributed by atoms with Gasteiger partial charge in [0.25, 0.3) is 0 Å². The molecule has 0 aromatic rings. The summed E-state index contributed by atoms with van der Waals surface area (Å²) in [5.74, 6) is 3.36. The normalized spacial score (nSPS) is 11.6. The zero-order chi connectivity index (χ0) is 17.3. The van der Waals surface area contributed by atoms with Crippen molar-refractivity contribution in [2.24, 2.45) is 11.8 Å². The summed E-state index contributed by atoms with van der Waals surface area (Å²) in [6.07, 6.45) is 2.52. The highest BCUT2D eigenvalue weighted by atomic mass is 32.2. The van der Waals surface area contributed by atoms with Crippen molar-refractivity contribution in [1.29, 1.82) is 0 Å². The van der Waals surface area contributed by atoms with E-state index in [-0.39, 0.29) is 0 Å². The molecule has 0 saturated carbocycles. The van der Waals surface area contributed by atoms with Crippen LogP contribution in [0.2, 0.25) is 0 Å². The molecule has 0 aliphatic heterocycles. The molecular weight excluding hydrogens is 312 g/mol. The van der Waals surface area contributed by atoms with Crippen LogP contribution < -0.4 is 0 Å². The lowest BCUT2D eigenvalue weighted by Gasteiger charge is -2.08. The first kappa shape index (κ1) is 22.9. The molecule has 0 rings (SSSR count). The molecule has 0 fully saturated rings. The largest absolute Gasteiger partial charge is 0.379 e. The zero-order valence-corrected chi connectivity index (χ0v) is 16.3. The average Bonchev–Trinajstić information content (AvgIpc) is 2.47. The molecule has 5 heteroatoms. The highest BCUT2D eigenvalue weighted by molar-refractivity contribution is 7.99. The Morgan fingerprint density at radius 1 is 0.826 bits per heavy atom. The molecular formula is C18H36O4S. The van der Waals surface area contributed by atoms with Crippen LogP contribution in [0.3, 0.4) is 0 Å². The molecule has 0 spiro atoms. The van der Waals surface area contributed by atoms with Gasteiger partial charge >= 0.3 is 0 Å². The van der Waals surface area contributed by atoms with Gasteiger partial charge in [-0.25, -0.2) is 0 Å². The van der Waals surface area contributed by atoms with Crippen LogP contribution in [-0.2, 0) is 19.0 Å². The van der Waals surface area contributed by atoms with Gasteiger partial charge in [-0.2, -0.15) is 11.8 Å². The van der Waals surface area contributed by atoms with Gasteiger partial charge in [-0.05, 0) is 30.4 Å². The highest BCUT2D eigenvalue weighted by Gasteiger charge is 2.03. The number of hydrogen-bond acceptors (Lipinski definition) is 5. The van der Waals surface area contributed by atoms with Crippen molar-refractivity contribution in [3.8, 4) is 0 Å². The predicted molar refractivity (Wildman–Crippen MR) is 98.3 cm³/mol. The SMILES string of the molecule is CC(C)CCOCCOCCOCCCC(=O)CSCC(C)C. The van der Waals surface area contributed by atoms with Crippen LogP contribution in [0.1, 0.15) is 47.0 Å². The van der Waals surface area contributed by atoms with Gasteiger partial charge in [-0.1, -0.05) is 27.7 Å². The lowest BCUT2D eigenvalue weighted by molar-refractivity contribution is -0.117. The minimum Gasteiger partial charge on any atom is -0.379 e. The van der Waals surface area contributed by atoms with Crippen LogP contribution in [-0.4, -0.2) is 56.9 Å². The topological polar surface area (TPSA) is 44.8 Å². The Balaban J connectivity index is 3.14. The monoisotopic (exact) mass is 348 g/mol. The van der Waals surface area contributed by atoms with Crippen LogP contribution in [0.15, 0.2) is 0 Å². The first-order valence-electron chi connectivity index (χ1n) is 8.85. The molecule has 0 aromatic carbocycles. The number of hydrogen-bond donors (Lipinski definition) is 0. The molecule has 0 N–H and O–H groups in total. The van der Waals surface area contributed by atoms with E-state index in [2.05, 4.69) is 27.7 Å². The second-order valence-corrected chi connectivity index (χ2v) is 7.60. The van der Waals surface area contributed by atoms with E-state index in [9.17, 15) is 4.79 Å². The van der Waals surface area contributed by atoms with Gasteiger partial charge in [0.1, 0.15) is 5.78 Å². The predicted octanol–water partition coefficient (Wildman–Crippen LogP) is 3.82. The van der Waals surface area contributed by atoms with E-state index < -0.39 is 0 Å². The van der Waals surface area contributed by atoms with Crippen molar-refractivity contribution in [3.63, 3.8) is 0 Å². The molecule has 0 aliphatic carbocycles. The number of carbonyl (C=O) groups excluding carboxylic acids is 1. The molecule has 0 radical (unpaired) electrons. The fourth-order valence-electron chi connectivity index (χ4n) is 1.71. The first-order chi connectivity index (χ1) is 11.0. The molecule has 0 aliphatic rings. The summed E-state index contributed by atoms with van der Waals surface area (Å²) in [4.78, 5) is 11.6. The number of rotatable bonds is 17. The second kappa shape index (κ2) is 16.7. The maximum atomic E-state index is 11.6. The van der Waals surface area contributed by atoms with E-state index in [1.54, 1.807) is 11.8 Å². The number of ether oxygens (including phenoxy) is 3. The van der Waals surface area contributed by atoms with Gasteiger partial charge in [0.15, 0.2) is 0 Å². The van der Waals surface area contributed by atoms with E-state index in [4.69, 9.17) is 14.2 Å². The summed E-state index contributed by atoms with van der Waals surface area (Å²) < 4.78 is 16.3. The lowest BCUT2D eigenvalue weighted by Crippen LogP contribution is -2.11. The minimum absolute atomic E-state index is 0.328. The molecule has 0 heterocycles. The van der Waals surface area contributed by atoms with Crippen molar-refractivity contribution >= 4 is 17.5 Å². The standard InChI is InChI=1S/C18H36O4S/c1-16(2)7-9-21-11-13-22-12-10-20-8-5-6-18(19)15-23-14-17(3)4/h16-17H,5-15H2,1-4H3. The molecule has 138 valence electrons. The average molecular weight is 349 g/mol. The first-order valence-corrected chi connectivity index (χ1v) is 10.0. The Hall–Kier alpha value is -0.100. The summed E-state index contributed by atoms with van der Waals surface area (Å²) in [7, 11) is 0. The summed E-state index contributed by atoms with van der Waals surface area (Å²) in [5.41, 5.74) is 0. The Bertz CT molecular complexity index is 270. The van der Waals surface area contributed by atoms with E-state index >= 15 is 0 Å². The maximum absolute atomic E-state index is 11.6. The molecule has 23 heavy (non-hydrogen) atoms. The summed E-state index contributed by atoms with van der Waals surface area (Å²) in [6, 6.07) is 0. The third-order valence-corrected chi connectivity index (χ3v) is 4.47. The van der Waals surface area contributed by atoms with Gasteiger partial charge in [0.2, 0.25) is 0 Å². The van der Waals surface area contributed by atoms with Crippen molar-refractivity contribution in [2.75, 3.05) is 51.1 Å². The Morgan fingerprint density at radius 2 is 1.39 bits per heavy atom. The fraction of sp³-hybridized carbons (Fsp3) is 0.944. The molecule has 0 unspecified atom stereocenters. The van der Waals surface area contributed by atoms with Gasteiger partial charge in [-0.15, -0.1) is 0 Å². The molecule has 0 aromatic heterocycles. The van der Waals surface area contributed by atoms with Gasteiger partial charge < -0.3 is 14.2 Å². The van der Waals surface area contributed by atoms with Gasteiger partial charge in [-0.3, -0.25) is 4.79 Å². The van der Waals surface area contributed by atoms with E-state index in [1.165, 1.54) is 0 Å². The number of thioether (sulfide) groups is 1. The third-order valence-electron chi connectivity index (χ3n) is 3.04. The van der Waals surface area contributed by atoms with Crippen LogP contribution in [0.4, 0.5) is 0 Å². The Labute approximate surface area is 147 Å². The van der Waals surface area contributed by atoms with Crippen LogP contribution >= 0.6 is 11.8 Å². The number of ketones is 1. The van der Waals surface area contributed by atoms with Crippen molar-refractivity contribution in [2.45, 2.75) is 47.0 Å². The zero-order valence-electron chi connectivity index (χ0n) is 15.5. The highest BCUT2D eigenvalue weighted by Crippen LogP contribution is 2.08. The number of carbonyl (C=O) groups is 1. The van der Waals surface area contributed by atoms with Crippen LogP contribution in [0.5, 0.6) is 0 Å². The minimum atomic E-state index is 0.328. The van der Waals surface area contributed by atoms with Crippen LogP contribution in [0, 0.1) is 11.8 Å². The third kappa shape index (κ3) is 19.9. The maximum Gasteiger partial charge on any atom is 0.142 e. The van der Waals surface area contributed by atoms with E-state index in [0.717, 1.165) is 25.2 Å². The summed E-state index contributed by atoms with van der Waals surface area (Å²) >= 11 is 1.73. The number of Topliss-reactive ketones (excluding diaryl/α,β-unsaturated/α-hetero) is 1. The van der Waals surface area contributed by atoms with Gasteiger partial charge in [0, 0.05) is 19.6 Å². The Kier molecular flexibility index (Phi) is 16.7.